The van der Waals surface area contributed by atoms with Gasteiger partial charge in [-0.05, 0) is 49.0 Å². The summed E-state index contributed by atoms with van der Waals surface area (Å²) in [6, 6.07) is 7.82. The van der Waals surface area contributed by atoms with Crippen LogP contribution in [0.2, 0.25) is 5.28 Å². The SMILES string of the molecule is CCNc1nc(Cl)nc(Oc2ccc(SC)cc2)n1. The van der Waals surface area contributed by atoms with Gasteiger partial charge in [-0.15, -0.1) is 11.8 Å². The van der Waals surface area contributed by atoms with Crippen molar-refractivity contribution < 1.29 is 4.74 Å². The fourth-order valence-corrected chi connectivity index (χ4v) is 1.92. The molecule has 1 aromatic carbocycles. The van der Waals surface area contributed by atoms with Crippen LogP contribution < -0.4 is 10.1 Å². The van der Waals surface area contributed by atoms with Crippen molar-refractivity contribution in [3.05, 3.63) is 29.5 Å². The van der Waals surface area contributed by atoms with E-state index in [0.29, 0.717) is 18.2 Å². The summed E-state index contributed by atoms with van der Waals surface area (Å²) in [6.07, 6.45) is 2.02. The van der Waals surface area contributed by atoms with Crippen LogP contribution in [0.1, 0.15) is 6.92 Å². The van der Waals surface area contributed by atoms with Crippen LogP contribution in [0.3, 0.4) is 0 Å². The Labute approximate surface area is 120 Å². The maximum atomic E-state index is 5.81. The fourth-order valence-electron chi connectivity index (χ4n) is 1.36. The Morgan fingerprint density at radius 1 is 1.21 bits per heavy atom. The Balaban J connectivity index is 2.17. The van der Waals surface area contributed by atoms with Gasteiger partial charge in [0.25, 0.3) is 0 Å². The highest BCUT2D eigenvalue weighted by Gasteiger charge is 2.06. The van der Waals surface area contributed by atoms with Gasteiger partial charge in [0.05, 0.1) is 0 Å². The molecule has 0 unspecified atom stereocenters. The number of nitrogens with one attached hydrogen (secondary N) is 1. The van der Waals surface area contributed by atoms with Gasteiger partial charge in [-0.25, -0.2) is 0 Å². The number of nitrogens with zero attached hydrogens (tertiary/aromatic N) is 3. The van der Waals surface area contributed by atoms with Gasteiger partial charge in [0.15, 0.2) is 0 Å². The quantitative estimate of drug-likeness (QED) is 0.853. The van der Waals surface area contributed by atoms with Gasteiger partial charge in [-0.3, -0.25) is 0 Å². The summed E-state index contributed by atoms with van der Waals surface area (Å²) in [7, 11) is 0. The minimum absolute atomic E-state index is 0.0988. The molecule has 0 saturated heterocycles. The van der Waals surface area contributed by atoms with Gasteiger partial charge in [0, 0.05) is 11.4 Å². The first kappa shape index (κ1) is 13.9. The van der Waals surface area contributed by atoms with E-state index in [1.165, 1.54) is 0 Å². The molecule has 1 heterocycles. The minimum Gasteiger partial charge on any atom is -0.424 e. The molecule has 7 heteroatoms. The largest absolute Gasteiger partial charge is 0.424 e. The average molecular weight is 297 g/mol. The number of ether oxygens (including phenoxy) is 1. The predicted octanol–water partition coefficient (Wildman–Crippen LogP) is 3.47. The lowest BCUT2D eigenvalue weighted by molar-refractivity contribution is 0.440. The van der Waals surface area contributed by atoms with E-state index in [0.717, 1.165) is 4.90 Å². The lowest BCUT2D eigenvalue weighted by Crippen LogP contribution is -2.04. The second-order valence-electron chi connectivity index (χ2n) is 3.52. The molecule has 0 saturated carbocycles. The summed E-state index contributed by atoms with van der Waals surface area (Å²) in [4.78, 5) is 13.1. The van der Waals surface area contributed by atoms with Crippen LogP contribution in [0, 0.1) is 0 Å². The molecule has 1 N–H and O–H groups in total. The van der Waals surface area contributed by atoms with Crippen molar-refractivity contribution in [3.8, 4) is 11.8 Å². The van der Waals surface area contributed by atoms with Gasteiger partial charge in [-0.2, -0.15) is 15.0 Å². The second kappa shape index (κ2) is 6.58. The van der Waals surface area contributed by atoms with Crippen molar-refractivity contribution in [3.63, 3.8) is 0 Å². The van der Waals surface area contributed by atoms with E-state index in [9.17, 15) is 0 Å². The van der Waals surface area contributed by atoms with Gasteiger partial charge in [-0.1, -0.05) is 0 Å². The highest BCUT2D eigenvalue weighted by atomic mass is 35.5. The zero-order chi connectivity index (χ0) is 13.7. The number of anilines is 1. The van der Waals surface area contributed by atoms with Crippen molar-refractivity contribution in [2.45, 2.75) is 11.8 Å². The maximum absolute atomic E-state index is 5.81. The number of hydrogen-bond donors (Lipinski definition) is 1. The van der Waals surface area contributed by atoms with Crippen molar-refractivity contribution >= 4 is 29.3 Å². The molecule has 2 rings (SSSR count). The first-order chi connectivity index (χ1) is 9.21. The first-order valence-corrected chi connectivity index (χ1v) is 7.29. The highest BCUT2D eigenvalue weighted by molar-refractivity contribution is 7.98. The van der Waals surface area contributed by atoms with E-state index in [4.69, 9.17) is 16.3 Å². The van der Waals surface area contributed by atoms with E-state index in [-0.39, 0.29) is 11.3 Å². The lowest BCUT2D eigenvalue weighted by atomic mass is 10.3. The third-order valence-electron chi connectivity index (χ3n) is 2.19. The molecule has 0 bridgehead atoms. The van der Waals surface area contributed by atoms with Gasteiger partial charge in [0.2, 0.25) is 11.2 Å². The van der Waals surface area contributed by atoms with E-state index in [1.54, 1.807) is 11.8 Å². The van der Waals surface area contributed by atoms with Crippen LogP contribution in [-0.2, 0) is 0 Å². The zero-order valence-corrected chi connectivity index (χ0v) is 12.1. The highest BCUT2D eigenvalue weighted by Crippen LogP contribution is 2.23. The van der Waals surface area contributed by atoms with Crippen molar-refractivity contribution in [1.82, 2.24) is 15.0 Å². The smallest absolute Gasteiger partial charge is 0.328 e. The Bertz CT molecular complexity index is 550. The average Bonchev–Trinajstić information content (AvgIpc) is 2.39. The molecular weight excluding hydrogens is 284 g/mol. The third kappa shape index (κ3) is 3.97. The summed E-state index contributed by atoms with van der Waals surface area (Å²) >= 11 is 7.48. The van der Waals surface area contributed by atoms with Crippen molar-refractivity contribution in [2.24, 2.45) is 0 Å². The number of thioether (sulfide) groups is 1. The summed E-state index contributed by atoms with van der Waals surface area (Å²) in [6.45, 7) is 2.64. The van der Waals surface area contributed by atoms with Crippen LogP contribution >= 0.6 is 23.4 Å². The molecule has 19 heavy (non-hydrogen) atoms. The Morgan fingerprint density at radius 2 is 1.95 bits per heavy atom. The Morgan fingerprint density at radius 3 is 2.58 bits per heavy atom. The molecule has 0 aliphatic rings. The first-order valence-electron chi connectivity index (χ1n) is 5.68. The molecule has 0 spiro atoms. The number of rotatable bonds is 5. The third-order valence-corrected chi connectivity index (χ3v) is 3.10. The molecule has 0 amide bonds. The molecular formula is C12H13ClN4OS. The minimum atomic E-state index is 0.0988. The van der Waals surface area contributed by atoms with E-state index in [1.807, 2.05) is 37.4 Å². The van der Waals surface area contributed by atoms with Gasteiger partial charge >= 0.3 is 6.01 Å². The summed E-state index contributed by atoms with van der Waals surface area (Å²) < 4.78 is 5.55. The predicted molar refractivity (Wildman–Crippen MR) is 77.3 cm³/mol. The van der Waals surface area contributed by atoms with Crippen LogP contribution in [0.4, 0.5) is 5.95 Å². The Hall–Kier alpha value is -1.53. The topological polar surface area (TPSA) is 59.9 Å². The summed E-state index contributed by atoms with van der Waals surface area (Å²) in [5, 5.41) is 3.06. The fraction of sp³-hybridized carbons (Fsp3) is 0.250. The molecule has 0 radical (unpaired) electrons. The molecule has 0 atom stereocenters. The number of aromatic nitrogens is 3. The molecule has 0 aliphatic heterocycles. The molecule has 1 aromatic heterocycles. The number of hydrogen-bond acceptors (Lipinski definition) is 6. The van der Waals surface area contributed by atoms with E-state index >= 15 is 0 Å². The molecule has 0 fully saturated rings. The maximum Gasteiger partial charge on any atom is 0.328 e. The number of halogens is 1. The van der Waals surface area contributed by atoms with Crippen molar-refractivity contribution in [2.75, 3.05) is 18.1 Å². The molecule has 100 valence electrons. The normalized spacial score (nSPS) is 10.3. The molecule has 0 aliphatic carbocycles. The zero-order valence-electron chi connectivity index (χ0n) is 10.6. The summed E-state index contributed by atoms with van der Waals surface area (Å²) in [5.74, 6) is 1.06. The lowest BCUT2D eigenvalue weighted by Gasteiger charge is -2.06. The van der Waals surface area contributed by atoms with Crippen LogP contribution in [-0.4, -0.2) is 27.8 Å². The Kier molecular flexibility index (Phi) is 4.81. The van der Waals surface area contributed by atoms with Gasteiger partial charge < -0.3 is 10.1 Å². The monoisotopic (exact) mass is 296 g/mol. The number of benzene rings is 1. The van der Waals surface area contributed by atoms with Crippen LogP contribution in [0.15, 0.2) is 29.2 Å². The van der Waals surface area contributed by atoms with E-state index < -0.39 is 0 Å². The van der Waals surface area contributed by atoms with Gasteiger partial charge in [0.1, 0.15) is 5.75 Å². The standard InChI is InChI=1S/C12H13ClN4OS/c1-3-14-11-15-10(13)16-12(17-11)18-8-4-6-9(19-2)7-5-8/h4-7H,3H2,1-2H3,(H,14,15,16,17). The van der Waals surface area contributed by atoms with Crippen LogP contribution in [0.5, 0.6) is 11.8 Å². The van der Waals surface area contributed by atoms with Crippen molar-refractivity contribution in [1.29, 1.82) is 0 Å². The van der Waals surface area contributed by atoms with Crippen LogP contribution in [0.25, 0.3) is 0 Å². The summed E-state index contributed by atoms with van der Waals surface area (Å²) in [5.41, 5.74) is 0. The molecule has 5 nitrogen and oxygen atoms in total. The van der Waals surface area contributed by atoms with E-state index in [2.05, 4.69) is 20.3 Å². The second-order valence-corrected chi connectivity index (χ2v) is 4.74. The molecule has 2 aromatic rings.